The van der Waals surface area contributed by atoms with E-state index in [1.165, 1.54) is 0 Å². The molecule has 110 valence electrons. The molecule has 1 aromatic carbocycles. The van der Waals surface area contributed by atoms with E-state index in [0.717, 1.165) is 4.90 Å². The van der Waals surface area contributed by atoms with Crippen LogP contribution in [0, 0.1) is 0 Å². The highest BCUT2D eigenvalue weighted by molar-refractivity contribution is 7.98. The van der Waals surface area contributed by atoms with Crippen molar-refractivity contribution in [3.63, 3.8) is 0 Å². The third-order valence-electron chi connectivity index (χ3n) is 2.97. The number of hydrogen-bond acceptors (Lipinski definition) is 4. The summed E-state index contributed by atoms with van der Waals surface area (Å²) in [5.41, 5.74) is 0.692. The molecule has 0 saturated carbocycles. The third kappa shape index (κ3) is 5.35. The number of Topliss-reactive ketones (excluding diaryl/α,β-unsaturated/α-hetero) is 1. The zero-order chi connectivity index (χ0) is 15.0. The van der Waals surface area contributed by atoms with Gasteiger partial charge in [-0.15, -0.1) is 11.8 Å². The number of rotatable bonds is 8. The van der Waals surface area contributed by atoms with E-state index in [1.54, 1.807) is 11.8 Å². The second-order valence-electron chi connectivity index (χ2n) is 4.41. The lowest BCUT2D eigenvalue weighted by atomic mass is 10.1. The normalized spacial score (nSPS) is 10.6. The first-order valence-electron chi connectivity index (χ1n) is 6.77. The SMILES string of the molecule is CCNC(=O)CN(CC)CC(=O)c1ccc(SC)cc1. The number of nitrogens with one attached hydrogen (secondary N) is 1. The van der Waals surface area contributed by atoms with Crippen molar-refractivity contribution in [3.05, 3.63) is 29.8 Å². The van der Waals surface area contributed by atoms with Crippen LogP contribution in [0.15, 0.2) is 29.2 Å². The topological polar surface area (TPSA) is 49.4 Å². The molecule has 0 aromatic heterocycles. The summed E-state index contributed by atoms with van der Waals surface area (Å²) in [7, 11) is 0. The number of likely N-dealkylation sites (N-methyl/N-ethyl adjacent to an activating group) is 2. The van der Waals surface area contributed by atoms with Crippen molar-refractivity contribution in [3.8, 4) is 0 Å². The summed E-state index contributed by atoms with van der Waals surface area (Å²) in [5, 5.41) is 2.74. The predicted molar refractivity (Wildman–Crippen MR) is 83.4 cm³/mol. The molecule has 0 bridgehead atoms. The first kappa shape index (κ1) is 16.7. The van der Waals surface area contributed by atoms with Crippen LogP contribution in [0.25, 0.3) is 0 Å². The number of carbonyl (C=O) groups is 2. The van der Waals surface area contributed by atoms with E-state index >= 15 is 0 Å². The molecule has 0 heterocycles. The Kier molecular flexibility index (Phi) is 7.33. The summed E-state index contributed by atoms with van der Waals surface area (Å²) in [4.78, 5) is 26.7. The maximum absolute atomic E-state index is 12.2. The van der Waals surface area contributed by atoms with Crippen LogP contribution in [0.3, 0.4) is 0 Å². The Morgan fingerprint density at radius 1 is 1.15 bits per heavy atom. The van der Waals surface area contributed by atoms with E-state index in [0.29, 0.717) is 18.7 Å². The van der Waals surface area contributed by atoms with Gasteiger partial charge >= 0.3 is 0 Å². The third-order valence-corrected chi connectivity index (χ3v) is 3.71. The molecule has 0 saturated heterocycles. The van der Waals surface area contributed by atoms with E-state index in [4.69, 9.17) is 0 Å². The zero-order valence-corrected chi connectivity index (χ0v) is 13.1. The van der Waals surface area contributed by atoms with Crippen molar-refractivity contribution in [2.45, 2.75) is 18.7 Å². The molecule has 4 nitrogen and oxygen atoms in total. The van der Waals surface area contributed by atoms with Crippen LogP contribution in [0.5, 0.6) is 0 Å². The van der Waals surface area contributed by atoms with Crippen molar-refractivity contribution in [1.29, 1.82) is 0 Å². The Bertz CT molecular complexity index is 446. The van der Waals surface area contributed by atoms with Gasteiger partial charge in [-0.2, -0.15) is 0 Å². The van der Waals surface area contributed by atoms with Crippen LogP contribution in [-0.2, 0) is 4.79 Å². The monoisotopic (exact) mass is 294 g/mol. The summed E-state index contributed by atoms with van der Waals surface area (Å²) in [5.74, 6) is 0.00341. The van der Waals surface area contributed by atoms with Crippen molar-refractivity contribution in [2.75, 3.05) is 32.4 Å². The van der Waals surface area contributed by atoms with E-state index in [1.807, 2.05) is 49.3 Å². The average molecular weight is 294 g/mol. The van der Waals surface area contributed by atoms with E-state index in [2.05, 4.69) is 5.32 Å². The van der Waals surface area contributed by atoms with Gasteiger partial charge in [-0.05, 0) is 31.9 Å². The lowest BCUT2D eigenvalue weighted by molar-refractivity contribution is -0.121. The molecule has 0 aliphatic rings. The van der Waals surface area contributed by atoms with Crippen LogP contribution in [-0.4, -0.2) is 49.0 Å². The van der Waals surface area contributed by atoms with Gasteiger partial charge in [-0.25, -0.2) is 0 Å². The Morgan fingerprint density at radius 3 is 2.30 bits per heavy atom. The highest BCUT2D eigenvalue weighted by Crippen LogP contribution is 2.15. The fraction of sp³-hybridized carbons (Fsp3) is 0.467. The standard InChI is InChI=1S/C15H22N2O2S/c1-4-16-15(19)11-17(5-2)10-14(18)12-6-8-13(20-3)9-7-12/h6-9H,4-5,10-11H2,1-3H3,(H,16,19). The van der Waals surface area contributed by atoms with Gasteiger partial charge < -0.3 is 5.32 Å². The first-order valence-corrected chi connectivity index (χ1v) is 7.99. The van der Waals surface area contributed by atoms with Gasteiger partial charge in [0.1, 0.15) is 0 Å². The highest BCUT2D eigenvalue weighted by Gasteiger charge is 2.14. The van der Waals surface area contributed by atoms with Gasteiger partial charge in [0.25, 0.3) is 0 Å². The lowest BCUT2D eigenvalue weighted by Gasteiger charge is -2.18. The fourth-order valence-corrected chi connectivity index (χ4v) is 2.22. The summed E-state index contributed by atoms with van der Waals surface area (Å²) >= 11 is 1.65. The molecule has 0 aliphatic heterocycles. The average Bonchev–Trinajstić information content (AvgIpc) is 2.46. The summed E-state index contributed by atoms with van der Waals surface area (Å²) < 4.78 is 0. The van der Waals surface area contributed by atoms with Gasteiger partial charge in [0.05, 0.1) is 13.1 Å². The molecule has 1 rings (SSSR count). The number of hydrogen-bond donors (Lipinski definition) is 1. The smallest absolute Gasteiger partial charge is 0.234 e. The highest BCUT2D eigenvalue weighted by atomic mass is 32.2. The Morgan fingerprint density at radius 2 is 1.80 bits per heavy atom. The molecule has 0 atom stereocenters. The number of ketones is 1. The molecule has 0 aliphatic carbocycles. The number of benzene rings is 1. The number of thioether (sulfide) groups is 1. The van der Waals surface area contributed by atoms with Gasteiger partial charge in [-0.1, -0.05) is 19.1 Å². The quantitative estimate of drug-likeness (QED) is 0.589. The Labute approximate surface area is 124 Å². The van der Waals surface area contributed by atoms with Crippen molar-refractivity contribution < 1.29 is 9.59 Å². The Hall–Kier alpha value is -1.33. The number of nitrogens with zero attached hydrogens (tertiary/aromatic N) is 1. The van der Waals surface area contributed by atoms with Crippen molar-refractivity contribution in [2.24, 2.45) is 0 Å². The predicted octanol–water partition coefficient (Wildman–Crippen LogP) is 2.05. The second kappa shape index (κ2) is 8.76. The summed E-state index contributed by atoms with van der Waals surface area (Å²) in [6.45, 7) is 5.65. The van der Waals surface area contributed by atoms with Crippen LogP contribution in [0.2, 0.25) is 0 Å². The summed E-state index contributed by atoms with van der Waals surface area (Å²) in [6, 6.07) is 7.57. The van der Waals surface area contributed by atoms with Gasteiger partial charge in [-0.3, -0.25) is 14.5 Å². The second-order valence-corrected chi connectivity index (χ2v) is 5.29. The molecule has 1 N–H and O–H groups in total. The van der Waals surface area contributed by atoms with Crippen LogP contribution >= 0.6 is 11.8 Å². The molecule has 0 fully saturated rings. The van der Waals surface area contributed by atoms with Crippen LogP contribution in [0.4, 0.5) is 0 Å². The minimum absolute atomic E-state index is 0.0418. The zero-order valence-electron chi connectivity index (χ0n) is 12.3. The molecule has 0 radical (unpaired) electrons. The van der Waals surface area contributed by atoms with Gasteiger partial charge in [0, 0.05) is 17.0 Å². The maximum Gasteiger partial charge on any atom is 0.234 e. The molecule has 1 amide bonds. The fourth-order valence-electron chi connectivity index (χ4n) is 1.81. The largest absolute Gasteiger partial charge is 0.355 e. The molecular formula is C15H22N2O2S. The molecule has 0 spiro atoms. The van der Waals surface area contributed by atoms with Crippen LogP contribution < -0.4 is 5.32 Å². The van der Waals surface area contributed by atoms with E-state index < -0.39 is 0 Å². The van der Waals surface area contributed by atoms with Gasteiger partial charge in [0.15, 0.2) is 5.78 Å². The number of amides is 1. The van der Waals surface area contributed by atoms with Crippen LogP contribution in [0.1, 0.15) is 24.2 Å². The number of carbonyl (C=O) groups excluding carboxylic acids is 2. The molecule has 0 unspecified atom stereocenters. The maximum atomic E-state index is 12.2. The van der Waals surface area contributed by atoms with E-state index in [-0.39, 0.29) is 24.8 Å². The first-order chi connectivity index (χ1) is 9.60. The molecular weight excluding hydrogens is 272 g/mol. The van der Waals surface area contributed by atoms with Crippen molar-refractivity contribution in [1.82, 2.24) is 10.2 Å². The Balaban J connectivity index is 2.59. The summed E-state index contributed by atoms with van der Waals surface area (Å²) in [6.07, 6.45) is 2.00. The minimum atomic E-state index is -0.0418. The minimum Gasteiger partial charge on any atom is -0.355 e. The molecule has 5 heteroatoms. The molecule has 1 aromatic rings. The lowest BCUT2D eigenvalue weighted by Crippen LogP contribution is -2.39. The van der Waals surface area contributed by atoms with E-state index in [9.17, 15) is 9.59 Å². The van der Waals surface area contributed by atoms with Crippen molar-refractivity contribution >= 4 is 23.5 Å². The van der Waals surface area contributed by atoms with Gasteiger partial charge in [0.2, 0.25) is 5.91 Å². The molecule has 20 heavy (non-hydrogen) atoms.